The Labute approximate surface area is 117 Å². The molecule has 82 valence electrons. The van der Waals surface area contributed by atoms with Crippen molar-refractivity contribution in [3.8, 4) is 0 Å². The summed E-state index contributed by atoms with van der Waals surface area (Å²) in [6, 6.07) is 3.50. The van der Waals surface area contributed by atoms with E-state index in [1.807, 2.05) is 0 Å². The molecule has 1 aromatic carbocycles. The number of nitrogens with zero attached hydrogens (tertiary/aromatic N) is 1. The van der Waals surface area contributed by atoms with Gasteiger partial charge >= 0.3 is 5.97 Å². The van der Waals surface area contributed by atoms with Gasteiger partial charge in [-0.05, 0) is 57.3 Å². The Hall–Kier alpha value is -0.710. The summed E-state index contributed by atoms with van der Waals surface area (Å²) in [5.74, 6) is -1.32. The van der Waals surface area contributed by atoms with E-state index in [9.17, 15) is 9.59 Å². The van der Waals surface area contributed by atoms with Gasteiger partial charge in [-0.1, -0.05) is 0 Å². The van der Waals surface area contributed by atoms with Crippen molar-refractivity contribution in [3.63, 3.8) is 0 Å². The Bertz CT molecular complexity index is 651. The van der Waals surface area contributed by atoms with Crippen molar-refractivity contribution in [2.45, 2.75) is 0 Å². The second-order valence-corrected chi connectivity index (χ2v) is 5.33. The van der Waals surface area contributed by atoms with Crippen LogP contribution in [0.5, 0.6) is 0 Å². The fourth-order valence-corrected chi connectivity index (χ4v) is 2.14. The summed E-state index contributed by atoms with van der Waals surface area (Å²) in [4.78, 5) is 28.4. The van der Waals surface area contributed by atoms with Crippen LogP contribution < -0.4 is 5.56 Å². The maximum atomic E-state index is 11.4. The van der Waals surface area contributed by atoms with Gasteiger partial charge in [0.25, 0.3) is 5.56 Å². The van der Waals surface area contributed by atoms with Gasteiger partial charge in [0.05, 0.1) is 11.0 Å². The normalized spacial score (nSPS) is 10.6. The third kappa shape index (κ3) is 2.05. The fraction of sp³-hybridized carbons (Fsp3) is 0. The van der Waals surface area contributed by atoms with Crippen molar-refractivity contribution < 1.29 is 9.90 Å². The first kappa shape index (κ1) is 11.8. The van der Waals surface area contributed by atoms with Crippen molar-refractivity contribution >= 4 is 62.2 Å². The van der Waals surface area contributed by atoms with Gasteiger partial charge in [0, 0.05) is 7.14 Å². The van der Waals surface area contributed by atoms with Crippen LogP contribution in [-0.4, -0.2) is 21.0 Å². The Balaban J connectivity index is 2.85. The predicted molar refractivity (Wildman–Crippen MR) is 74.8 cm³/mol. The molecule has 0 fully saturated rings. The number of hydrogen-bond acceptors (Lipinski definition) is 3. The predicted octanol–water partition coefficient (Wildman–Crippen LogP) is 1.83. The van der Waals surface area contributed by atoms with Gasteiger partial charge in [-0.2, -0.15) is 0 Å². The van der Waals surface area contributed by atoms with E-state index in [0.717, 1.165) is 7.14 Å². The second kappa shape index (κ2) is 4.28. The van der Waals surface area contributed by atoms with Crippen LogP contribution >= 0.6 is 45.2 Å². The van der Waals surface area contributed by atoms with E-state index in [2.05, 4.69) is 55.1 Å². The maximum absolute atomic E-state index is 11.4. The molecule has 0 aliphatic heterocycles. The molecule has 0 saturated heterocycles. The lowest BCUT2D eigenvalue weighted by atomic mass is 10.3. The molecule has 0 atom stereocenters. The zero-order valence-corrected chi connectivity index (χ0v) is 11.9. The number of carbonyl (C=O) groups is 1. The third-order valence-electron chi connectivity index (χ3n) is 1.94. The number of aromatic carboxylic acids is 1. The lowest BCUT2D eigenvalue weighted by Gasteiger charge is -2.01. The number of rotatable bonds is 1. The summed E-state index contributed by atoms with van der Waals surface area (Å²) in [7, 11) is 0. The maximum Gasteiger partial charge on any atom is 0.360 e. The number of nitrogens with one attached hydrogen (secondary N) is 1. The van der Waals surface area contributed by atoms with Crippen LogP contribution in [0.4, 0.5) is 0 Å². The minimum absolute atomic E-state index is 0.474. The van der Waals surface area contributed by atoms with Gasteiger partial charge in [-0.3, -0.25) is 4.79 Å². The first-order valence-electron chi connectivity index (χ1n) is 4.11. The van der Waals surface area contributed by atoms with Gasteiger partial charge in [-0.15, -0.1) is 0 Å². The Kier molecular flexibility index (Phi) is 3.15. The average Bonchev–Trinajstić information content (AvgIpc) is 2.19. The van der Waals surface area contributed by atoms with Crippen molar-refractivity contribution in [1.82, 2.24) is 9.97 Å². The minimum Gasteiger partial charge on any atom is -0.476 e. The molecule has 1 heterocycles. The summed E-state index contributed by atoms with van der Waals surface area (Å²) in [5, 5.41) is 8.76. The molecule has 0 spiro atoms. The second-order valence-electron chi connectivity index (χ2n) is 3.00. The van der Waals surface area contributed by atoms with E-state index >= 15 is 0 Å². The zero-order chi connectivity index (χ0) is 11.9. The van der Waals surface area contributed by atoms with Crippen LogP contribution in [0.3, 0.4) is 0 Å². The SMILES string of the molecule is O=C(O)c1nc2cc(I)c(I)cc2[nH]c1=O. The topological polar surface area (TPSA) is 83.0 Å². The van der Waals surface area contributed by atoms with Crippen LogP contribution in [0.25, 0.3) is 11.0 Å². The molecular formula is C9H4I2N2O3. The Morgan fingerprint density at radius 3 is 2.56 bits per heavy atom. The average molecular weight is 442 g/mol. The Morgan fingerprint density at radius 2 is 1.94 bits per heavy atom. The van der Waals surface area contributed by atoms with E-state index in [1.165, 1.54) is 0 Å². The number of halogens is 2. The van der Waals surface area contributed by atoms with Crippen molar-refractivity contribution in [1.29, 1.82) is 0 Å². The largest absolute Gasteiger partial charge is 0.476 e. The molecule has 2 aromatic rings. The van der Waals surface area contributed by atoms with E-state index < -0.39 is 17.2 Å². The molecule has 0 bridgehead atoms. The van der Waals surface area contributed by atoms with Crippen LogP contribution in [0.2, 0.25) is 0 Å². The molecule has 7 heteroatoms. The van der Waals surface area contributed by atoms with E-state index in [0.29, 0.717) is 11.0 Å². The number of H-pyrrole nitrogens is 1. The molecule has 1 aromatic heterocycles. The fourth-order valence-electron chi connectivity index (χ4n) is 1.23. The molecule has 0 aliphatic carbocycles. The Morgan fingerprint density at radius 1 is 1.31 bits per heavy atom. The number of benzene rings is 1. The molecule has 2 N–H and O–H groups in total. The zero-order valence-electron chi connectivity index (χ0n) is 7.62. The number of carboxylic acid groups (broad SMARTS) is 1. The first-order valence-corrected chi connectivity index (χ1v) is 6.27. The summed E-state index contributed by atoms with van der Waals surface area (Å²) in [5.41, 5.74) is -0.150. The lowest BCUT2D eigenvalue weighted by Crippen LogP contribution is -2.19. The van der Waals surface area contributed by atoms with E-state index in [1.54, 1.807) is 12.1 Å². The van der Waals surface area contributed by atoms with Gasteiger partial charge in [0.2, 0.25) is 5.69 Å². The highest BCUT2D eigenvalue weighted by Crippen LogP contribution is 2.19. The molecule has 0 aliphatic rings. The molecule has 0 amide bonds. The highest BCUT2D eigenvalue weighted by molar-refractivity contribution is 14.1. The van der Waals surface area contributed by atoms with Crippen LogP contribution in [0.1, 0.15) is 10.5 Å². The third-order valence-corrected chi connectivity index (χ3v) is 4.75. The van der Waals surface area contributed by atoms with Crippen molar-refractivity contribution in [2.24, 2.45) is 0 Å². The molecule has 0 saturated carbocycles. The van der Waals surface area contributed by atoms with Gasteiger partial charge in [-0.25, -0.2) is 9.78 Å². The highest BCUT2D eigenvalue weighted by atomic mass is 127. The first-order chi connectivity index (χ1) is 7.49. The minimum atomic E-state index is -1.32. The molecule has 5 nitrogen and oxygen atoms in total. The summed E-state index contributed by atoms with van der Waals surface area (Å²) in [6.07, 6.45) is 0. The van der Waals surface area contributed by atoms with Crippen LogP contribution in [0.15, 0.2) is 16.9 Å². The quantitative estimate of drug-likeness (QED) is 0.661. The lowest BCUT2D eigenvalue weighted by molar-refractivity contribution is 0.0689. The number of carboxylic acids is 1. The van der Waals surface area contributed by atoms with Crippen LogP contribution in [0, 0.1) is 7.14 Å². The number of aromatic amines is 1. The molecular weight excluding hydrogens is 438 g/mol. The van der Waals surface area contributed by atoms with E-state index in [4.69, 9.17) is 5.11 Å². The van der Waals surface area contributed by atoms with Crippen molar-refractivity contribution in [2.75, 3.05) is 0 Å². The smallest absolute Gasteiger partial charge is 0.360 e. The van der Waals surface area contributed by atoms with Gasteiger partial charge in [0.15, 0.2) is 0 Å². The van der Waals surface area contributed by atoms with Crippen LogP contribution in [-0.2, 0) is 0 Å². The number of hydrogen-bond donors (Lipinski definition) is 2. The summed E-state index contributed by atoms with van der Waals surface area (Å²) < 4.78 is 1.94. The van der Waals surface area contributed by atoms with E-state index in [-0.39, 0.29) is 0 Å². The number of fused-ring (bicyclic) bond motifs is 1. The molecule has 0 radical (unpaired) electrons. The van der Waals surface area contributed by atoms with Gasteiger partial charge < -0.3 is 10.1 Å². The molecule has 0 unspecified atom stereocenters. The van der Waals surface area contributed by atoms with Crippen molar-refractivity contribution in [3.05, 3.63) is 35.3 Å². The number of aromatic nitrogens is 2. The standard InChI is InChI=1S/C9H4I2N2O3/c10-3-1-5-6(2-4(3)11)13-8(14)7(12-5)9(15)16/h1-2H,(H,13,14)(H,15,16). The monoisotopic (exact) mass is 442 g/mol. The molecule has 16 heavy (non-hydrogen) atoms. The molecule has 2 rings (SSSR count). The summed E-state index contributed by atoms with van der Waals surface area (Å²) in [6.45, 7) is 0. The highest BCUT2D eigenvalue weighted by Gasteiger charge is 2.12. The summed E-state index contributed by atoms with van der Waals surface area (Å²) >= 11 is 4.26. The van der Waals surface area contributed by atoms with Gasteiger partial charge in [0.1, 0.15) is 0 Å².